The van der Waals surface area contributed by atoms with Crippen molar-refractivity contribution < 1.29 is 14.3 Å². The fourth-order valence-corrected chi connectivity index (χ4v) is 10.4. The number of Topliss-reactive ketones (excluding diaryl/α,β-unsaturated/α-hetero) is 1. The van der Waals surface area contributed by atoms with Crippen LogP contribution in [0.15, 0.2) is 0 Å². The van der Waals surface area contributed by atoms with Crippen LogP contribution in [-0.2, 0) is 14.3 Å². The summed E-state index contributed by atoms with van der Waals surface area (Å²) in [5.41, 5.74) is 0.184. The van der Waals surface area contributed by atoms with Crippen molar-refractivity contribution in [1.29, 1.82) is 0 Å². The van der Waals surface area contributed by atoms with Crippen LogP contribution in [0.3, 0.4) is 0 Å². The summed E-state index contributed by atoms with van der Waals surface area (Å²) in [7, 11) is 0. The number of carbonyl (C=O) groups excluding carboxylic acids is 1. The number of carbonyl (C=O) groups is 1. The summed E-state index contributed by atoms with van der Waals surface area (Å²) in [5.74, 6) is 4.27. The molecule has 0 N–H and O–H groups in total. The monoisotopic (exact) mass is 571 g/mol. The average molecular weight is 571 g/mol. The molecule has 0 aliphatic heterocycles. The third-order valence-corrected chi connectivity index (χ3v) is 13.1. The van der Waals surface area contributed by atoms with Gasteiger partial charge in [-0.15, -0.1) is 0 Å². The Balaban J connectivity index is 0.962. The molecule has 5 aliphatic carbocycles. The molecule has 5 rings (SSSR count). The predicted molar refractivity (Wildman–Crippen MR) is 170 cm³/mol. The van der Waals surface area contributed by atoms with E-state index < -0.39 is 0 Å². The summed E-state index contributed by atoms with van der Waals surface area (Å²) in [5, 5.41) is 0. The standard InChI is InChI=1S/C38H66O3/c1-3-5-7-9-27-40-34-15-11-30(12-16-34)32-19-23-37(24-20-32)29-38(36(37)39)25-21-33(22-26-38)31-13-17-35(18-14-31)41-28-10-8-6-4-2/h30-35H,3-29H2,1-2H3/t30-,31-,32?,33?,34-,35-,37?,38?. The van der Waals surface area contributed by atoms with Crippen molar-refractivity contribution in [2.24, 2.45) is 34.5 Å². The first-order chi connectivity index (χ1) is 20.1. The van der Waals surface area contributed by atoms with Crippen LogP contribution in [0.5, 0.6) is 0 Å². The van der Waals surface area contributed by atoms with Crippen LogP contribution in [0.2, 0.25) is 0 Å². The zero-order valence-electron chi connectivity index (χ0n) is 27.3. The summed E-state index contributed by atoms with van der Waals surface area (Å²) in [6.07, 6.45) is 33.4. The molecule has 0 radical (unpaired) electrons. The van der Waals surface area contributed by atoms with E-state index in [-0.39, 0.29) is 10.8 Å². The van der Waals surface area contributed by atoms with Gasteiger partial charge in [-0.3, -0.25) is 4.79 Å². The minimum Gasteiger partial charge on any atom is -0.378 e. The highest BCUT2D eigenvalue weighted by atomic mass is 16.5. The first-order valence-electron chi connectivity index (χ1n) is 18.9. The van der Waals surface area contributed by atoms with E-state index in [4.69, 9.17) is 9.47 Å². The van der Waals surface area contributed by atoms with Crippen LogP contribution >= 0.6 is 0 Å². The van der Waals surface area contributed by atoms with Gasteiger partial charge in [0, 0.05) is 24.0 Å². The van der Waals surface area contributed by atoms with Crippen molar-refractivity contribution in [3.8, 4) is 0 Å². The predicted octanol–water partition coefficient (Wildman–Crippen LogP) is 10.6. The lowest BCUT2D eigenvalue weighted by molar-refractivity contribution is -0.170. The zero-order chi connectivity index (χ0) is 28.5. The smallest absolute Gasteiger partial charge is 0.145 e. The minimum atomic E-state index is 0.0919. The third kappa shape index (κ3) is 8.01. The van der Waals surface area contributed by atoms with Crippen molar-refractivity contribution in [1.82, 2.24) is 0 Å². The second-order valence-electron chi connectivity index (χ2n) is 15.7. The van der Waals surface area contributed by atoms with Gasteiger partial charge in [0.1, 0.15) is 5.78 Å². The van der Waals surface area contributed by atoms with Crippen molar-refractivity contribution in [3.63, 3.8) is 0 Å². The van der Waals surface area contributed by atoms with Crippen LogP contribution in [0.1, 0.15) is 174 Å². The summed E-state index contributed by atoms with van der Waals surface area (Å²) in [6.45, 7) is 6.50. The third-order valence-electron chi connectivity index (χ3n) is 13.1. The molecule has 236 valence electrons. The highest BCUT2D eigenvalue weighted by Crippen LogP contribution is 2.65. The second-order valence-corrected chi connectivity index (χ2v) is 15.7. The maximum Gasteiger partial charge on any atom is 0.145 e. The zero-order valence-corrected chi connectivity index (χ0v) is 27.3. The van der Waals surface area contributed by atoms with Gasteiger partial charge < -0.3 is 9.47 Å². The van der Waals surface area contributed by atoms with E-state index in [1.54, 1.807) is 0 Å². The van der Waals surface area contributed by atoms with Gasteiger partial charge in [-0.1, -0.05) is 52.4 Å². The van der Waals surface area contributed by atoms with E-state index in [0.717, 1.165) is 42.7 Å². The highest BCUT2D eigenvalue weighted by Gasteiger charge is 2.63. The van der Waals surface area contributed by atoms with Crippen LogP contribution in [0.25, 0.3) is 0 Å². The van der Waals surface area contributed by atoms with Gasteiger partial charge in [-0.25, -0.2) is 0 Å². The second kappa shape index (κ2) is 15.5. The quantitative estimate of drug-likeness (QED) is 0.195. The number of rotatable bonds is 14. The van der Waals surface area contributed by atoms with Gasteiger partial charge in [-0.05, 0) is 146 Å². The van der Waals surface area contributed by atoms with Gasteiger partial charge in [0.15, 0.2) is 0 Å². The molecule has 0 amide bonds. The van der Waals surface area contributed by atoms with Crippen molar-refractivity contribution in [3.05, 3.63) is 0 Å². The molecule has 0 aromatic rings. The van der Waals surface area contributed by atoms with E-state index >= 15 is 0 Å². The SMILES string of the molecule is CCCCCCO[C@H]1CC[C@H](C2CCC3(CC2)CC2(CCC([C@H]4CC[C@H](OCCCCCC)CC4)CC2)C3=O)CC1. The molecule has 5 saturated carbocycles. The maximum absolute atomic E-state index is 13.9. The molecule has 0 saturated heterocycles. The molecule has 2 spiro atoms. The molecule has 0 unspecified atom stereocenters. The number of ketones is 1. The molecular weight excluding hydrogens is 504 g/mol. The number of unbranched alkanes of at least 4 members (excludes halogenated alkanes) is 6. The van der Waals surface area contributed by atoms with Gasteiger partial charge in [0.05, 0.1) is 12.2 Å². The number of ether oxygens (including phenoxy) is 2. The van der Waals surface area contributed by atoms with Crippen molar-refractivity contribution in [2.75, 3.05) is 13.2 Å². The molecule has 0 aromatic carbocycles. The first-order valence-corrected chi connectivity index (χ1v) is 18.9. The Morgan fingerprint density at radius 3 is 1.22 bits per heavy atom. The normalized spacial score (nSPS) is 39.7. The number of hydrogen-bond donors (Lipinski definition) is 0. The first kappa shape index (κ1) is 32.0. The Hall–Kier alpha value is -0.410. The average Bonchev–Trinajstić information content (AvgIpc) is 3.02. The minimum absolute atomic E-state index is 0.0919. The molecule has 5 fully saturated rings. The molecule has 0 bridgehead atoms. The molecule has 0 atom stereocenters. The lowest BCUT2D eigenvalue weighted by Crippen LogP contribution is -2.60. The van der Waals surface area contributed by atoms with E-state index in [2.05, 4.69) is 13.8 Å². The van der Waals surface area contributed by atoms with E-state index in [1.807, 2.05) is 0 Å². The van der Waals surface area contributed by atoms with Gasteiger partial charge in [0.25, 0.3) is 0 Å². The Morgan fingerprint density at radius 1 is 0.512 bits per heavy atom. The fraction of sp³-hybridized carbons (Fsp3) is 0.974. The van der Waals surface area contributed by atoms with Crippen LogP contribution in [0, 0.1) is 34.5 Å². The van der Waals surface area contributed by atoms with Crippen LogP contribution in [0.4, 0.5) is 0 Å². The lowest BCUT2D eigenvalue weighted by Gasteiger charge is -2.60. The summed E-state index contributed by atoms with van der Waals surface area (Å²) >= 11 is 0. The molecule has 0 aromatic heterocycles. The van der Waals surface area contributed by atoms with Crippen molar-refractivity contribution in [2.45, 2.75) is 187 Å². The molecule has 5 aliphatic rings. The largest absolute Gasteiger partial charge is 0.378 e. The van der Waals surface area contributed by atoms with Crippen LogP contribution in [-0.4, -0.2) is 31.2 Å². The van der Waals surface area contributed by atoms with Gasteiger partial charge in [0.2, 0.25) is 0 Å². The topological polar surface area (TPSA) is 35.5 Å². The molecule has 3 heteroatoms. The van der Waals surface area contributed by atoms with Gasteiger partial charge in [-0.2, -0.15) is 0 Å². The Kier molecular flexibility index (Phi) is 12.1. The van der Waals surface area contributed by atoms with Crippen molar-refractivity contribution >= 4 is 5.78 Å². The lowest BCUT2D eigenvalue weighted by atomic mass is 9.42. The summed E-state index contributed by atoms with van der Waals surface area (Å²) in [6, 6.07) is 0. The molecule has 0 heterocycles. The molecule has 41 heavy (non-hydrogen) atoms. The van der Waals surface area contributed by atoms with E-state index in [9.17, 15) is 4.79 Å². The maximum atomic E-state index is 13.9. The Bertz CT molecular complexity index is 696. The van der Waals surface area contributed by atoms with Crippen LogP contribution < -0.4 is 0 Å². The van der Waals surface area contributed by atoms with Gasteiger partial charge >= 0.3 is 0 Å². The Morgan fingerprint density at radius 2 is 0.878 bits per heavy atom. The number of hydrogen-bond acceptors (Lipinski definition) is 3. The van der Waals surface area contributed by atoms with E-state index in [0.29, 0.717) is 12.2 Å². The molecular formula is C38H66O3. The molecule has 3 nitrogen and oxygen atoms in total. The summed E-state index contributed by atoms with van der Waals surface area (Å²) < 4.78 is 12.5. The highest BCUT2D eigenvalue weighted by molar-refractivity contribution is 5.96. The fourth-order valence-electron chi connectivity index (χ4n) is 10.4. The van der Waals surface area contributed by atoms with E-state index in [1.165, 1.54) is 161 Å². The summed E-state index contributed by atoms with van der Waals surface area (Å²) in [4.78, 5) is 13.9. The Labute approximate surface area is 254 Å².